The molecule has 25 heavy (non-hydrogen) atoms. The second-order valence-corrected chi connectivity index (χ2v) is 8.95. The zero-order chi connectivity index (χ0) is 17.4. The number of anilines is 1. The number of nitrogens with zero attached hydrogens (tertiary/aromatic N) is 2. The van der Waals surface area contributed by atoms with Crippen LogP contribution in [0.3, 0.4) is 0 Å². The molecule has 2 nitrogen and oxygen atoms in total. The molecule has 2 heteroatoms. The van der Waals surface area contributed by atoms with Crippen LogP contribution in [0.4, 0.5) is 5.69 Å². The maximum atomic E-state index is 2.83. The van der Waals surface area contributed by atoms with E-state index in [9.17, 15) is 0 Å². The third-order valence-corrected chi connectivity index (χ3v) is 7.45. The van der Waals surface area contributed by atoms with Crippen molar-refractivity contribution in [3.63, 3.8) is 0 Å². The summed E-state index contributed by atoms with van der Waals surface area (Å²) in [6.07, 6.45) is 13.5. The first-order chi connectivity index (χ1) is 12.2. The molecule has 2 saturated carbocycles. The van der Waals surface area contributed by atoms with E-state index in [1.165, 1.54) is 69.0 Å². The Morgan fingerprint density at radius 3 is 2.12 bits per heavy atom. The lowest BCUT2D eigenvalue weighted by Gasteiger charge is -2.40. The van der Waals surface area contributed by atoms with Crippen molar-refractivity contribution in [1.82, 2.24) is 4.90 Å². The molecule has 3 fully saturated rings. The molecule has 1 saturated heterocycles. The van der Waals surface area contributed by atoms with Crippen LogP contribution in [0.5, 0.6) is 0 Å². The molecule has 0 aromatic heterocycles. The predicted octanol–water partition coefficient (Wildman–Crippen LogP) is 5.60. The quantitative estimate of drug-likeness (QED) is 0.706. The molecule has 1 aromatic carbocycles. The molecule has 1 heterocycles. The van der Waals surface area contributed by atoms with Crippen molar-refractivity contribution in [2.45, 2.75) is 89.9 Å². The summed E-state index contributed by atoms with van der Waals surface area (Å²) in [5.41, 5.74) is 2.92. The molecule has 2 aliphatic carbocycles. The van der Waals surface area contributed by atoms with E-state index in [-0.39, 0.29) is 0 Å². The molecule has 138 valence electrons. The van der Waals surface area contributed by atoms with Crippen LogP contribution in [-0.4, -0.2) is 30.2 Å². The van der Waals surface area contributed by atoms with Gasteiger partial charge in [-0.15, -0.1) is 0 Å². The molecule has 3 aliphatic rings. The van der Waals surface area contributed by atoms with Gasteiger partial charge in [-0.2, -0.15) is 0 Å². The molecule has 1 aromatic rings. The third-order valence-electron chi connectivity index (χ3n) is 7.45. The van der Waals surface area contributed by atoms with E-state index < -0.39 is 0 Å². The number of para-hydroxylation sites is 1. The van der Waals surface area contributed by atoms with Crippen LogP contribution in [0.1, 0.15) is 70.3 Å². The first-order valence-corrected chi connectivity index (χ1v) is 10.7. The Morgan fingerprint density at radius 1 is 0.840 bits per heavy atom. The highest BCUT2D eigenvalue weighted by Crippen LogP contribution is 2.45. The van der Waals surface area contributed by atoms with Gasteiger partial charge in [0.25, 0.3) is 0 Å². The minimum absolute atomic E-state index is 0.599. The SMILES string of the molecule is Cc1ccccc1N1C(C2CCCCC2)N(C)C(C2CCCC2)[C@@H]1C. The number of hydrogen-bond acceptors (Lipinski definition) is 2. The van der Waals surface area contributed by atoms with Gasteiger partial charge in [0.05, 0.1) is 6.17 Å². The topological polar surface area (TPSA) is 6.48 Å². The van der Waals surface area contributed by atoms with Crippen molar-refractivity contribution in [2.75, 3.05) is 11.9 Å². The van der Waals surface area contributed by atoms with Gasteiger partial charge in [0.15, 0.2) is 0 Å². The number of benzene rings is 1. The highest BCUT2D eigenvalue weighted by Gasteiger charge is 2.49. The van der Waals surface area contributed by atoms with Crippen molar-refractivity contribution in [3.05, 3.63) is 29.8 Å². The maximum absolute atomic E-state index is 2.83. The highest BCUT2D eigenvalue weighted by atomic mass is 15.5. The number of likely N-dealkylation sites (N-methyl/N-ethyl adjacent to an activating group) is 1. The van der Waals surface area contributed by atoms with Crippen molar-refractivity contribution < 1.29 is 0 Å². The summed E-state index contributed by atoms with van der Waals surface area (Å²) in [5.74, 6) is 1.74. The van der Waals surface area contributed by atoms with Gasteiger partial charge in [0.2, 0.25) is 0 Å². The van der Waals surface area contributed by atoms with Gasteiger partial charge >= 0.3 is 0 Å². The third kappa shape index (κ3) is 3.12. The fraction of sp³-hybridized carbons (Fsp3) is 0.739. The molecular weight excluding hydrogens is 304 g/mol. The van der Waals surface area contributed by atoms with Crippen LogP contribution >= 0.6 is 0 Å². The van der Waals surface area contributed by atoms with Crippen LogP contribution in [0.15, 0.2) is 24.3 Å². The van der Waals surface area contributed by atoms with Gasteiger partial charge < -0.3 is 4.90 Å². The maximum Gasteiger partial charge on any atom is 0.0853 e. The predicted molar refractivity (Wildman–Crippen MR) is 107 cm³/mol. The summed E-state index contributed by atoms with van der Waals surface area (Å²) in [7, 11) is 2.44. The Labute approximate surface area is 154 Å². The zero-order valence-corrected chi connectivity index (χ0v) is 16.5. The molecule has 0 bridgehead atoms. The van der Waals surface area contributed by atoms with Crippen molar-refractivity contribution >= 4 is 5.69 Å². The largest absolute Gasteiger partial charge is 0.351 e. The second-order valence-electron chi connectivity index (χ2n) is 8.95. The summed E-state index contributed by atoms with van der Waals surface area (Å²) in [5, 5.41) is 0. The molecule has 0 N–H and O–H groups in total. The van der Waals surface area contributed by atoms with E-state index in [1.807, 2.05) is 0 Å². The monoisotopic (exact) mass is 340 g/mol. The molecular formula is C23H36N2. The summed E-state index contributed by atoms with van der Waals surface area (Å²) in [6.45, 7) is 4.80. The molecule has 3 atom stereocenters. The summed E-state index contributed by atoms with van der Waals surface area (Å²) >= 11 is 0. The van der Waals surface area contributed by atoms with E-state index in [0.29, 0.717) is 12.2 Å². The van der Waals surface area contributed by atoms with E-state index in [0.717, 1.165) is 17.9 Å². The normalized spacial score (nSPS) is 32.6. The van der Waals surface area contributed by atoms with E-state index >= 15 is 0 Å². The fourth-order valence-corrected chi connectivity index (χ4v) is 6.35. The Bertz CT molecular complexity index is 571. The van der Waals surface area contributed by atoms with Crippen LogP contribution in [0, 0.1) is 18.8 Å². The van der Waals surface area contributed by atoms with E-state index in [1.54, 1.807) is 0 Å². The van der Waals surface area contributed by atoms with Crippen LogP contribution in [-0.2, 0) is 0 Å². The average molecular weight is 341 g/mol. The zero-order valence-electron chi connectivity index (χ0n) is 16.5. The van der Waals surface area contributed by atoms with Gasteiger partial charge in [-0.05, 0) is 70.0 Å². The van der Waals surface area contributed by atoms with Crippen molar-refractivity contribution in [2.24, 2.45) is 11.8 Å². The van der Waals surface area contributed by atoms with Crippen LogP contribution in [0.25, 0.3) is 0 Å². The summed E-state index contributed by atoms with van der Waals surface area (Å²) in [4.78, 5) is 5.64. The lowest BCUT2D eigenvalue weighted by Crippen LogP contribution is -2.46. The van der Waals surface area contributed by atoms with Gasteiger partial charge in [0.1, 0.15) is 0 Å². The summed E-state index contributed by atoms with van der Waals surface area (Å²) < 4.78 is 0. The van der Waals surface area contributed by atoms with Gasteiger partial charge in [-0.1, -0.05) is 50.3 Å². The minimum atomic E-state index is 0.599. The van der Waals surface area contributed by atoms with E-state index in [2.05, 4.69) is 55.0 Å². The van der Waals surface area contributed by atoms with Crippen LogP contribution in [0.2, 0.25) is 0 Å². The Kier molecular flexibility index (Phi) is 5.08. The van der Waals surface area contributed by atoms with Gasteiger partial charge in [-0.25, -0.2) is 0 Å². The molecule has 4 rings (SSSR count). The fourth-order valence-electron chi connectivity index (χ4n) is 6.35. The highest BCUT2D eigenvalue weighted by molar-refractivity contribution is 5.56. The van der Waals surface area contributed by atoms with Crippen LogP contribution < -0.4 is 4.90 Å². The van der Waals surface area contributed by atoms with Gasteiger partial charge in [-0.3, -0.25) is 4.90 Å². The Hall–Kier alpha value is -1.02. The standard InChI is InChI=1S/C23H36N2/c1-17-11-7-10-16-21(17)25-18(2)22(19-12-8-9-13-19)24(3)23(25)20-14-5-4-6-15-20/h7,10-11,16,18-20,22-23H,4-6,8-9,12-15H2,1-3H3/t18-,22?,23?/m0/s1. The Morgan fingerprint density at radius 2 is 1.44 bits per heavy atom. The molecule has 0 radical (unpaired) electrons. The number of aryl methyl sites for hydroxylation is 1. The average Bonchev–Trinajstić information content (AvgIpc) is 3.23. The van der Waals surface area contributed by atoms with Crippen molar-refractivity contribution in [1.29, 1.82) is 0 Å². The lowest BCUT2D eigenvalue weighted by atomic mass is 9.86. The van der Waals surface area contributed by atoms with E-state index in [4.69, 9.17) is 0 Å². The molecule has 0 amide bonds. The van der Waals surface area contributed by atoms with Crippen molar-refractivity contribution in [3.8, 4) is 0 Å². The molecule has 1 aliphatic heterocycles. The Balaban J connectivity index is 1.70. The number of rotatable bonds is 3. The smallest absolute Gasteiger partial charge is 0.0853 e. The first-order valence-electron chi connectivity index (χ1n) is 10.7. The lowest BCUT2D eigenvalue weighted by molar-refractivity contribution is 0.125. The first kappa shape index (κ1) is 17.4. The molecule has 0 spiro atoms. The summed E-state index contributed by atoms with van der Waals surface area (Å²) in [6, 6.07) is 10.4. The molecule has 2 unspecified atom stereocenters. The van der Waals surface area contributed by atoms with Gasteiger partial charge in [0, 0.05) is 17.8 Å². The number of hydrogen-bond donors (Lipinski definition) is 0. The second kappa shape index (κ2) is 7.31. The minimum Gasteiger partial charge on any atom is -0.351 e.